The summed E-state index contributed by atoms with van der Waals surface area (Å²) in [4.78, 5) is 2.70. The van der Waals surface area contributed by atoms with Crippen molar-refractivity contribution in [2.75, 3.05) is 26.2 Å². The van der Waals surface area contributed by atoms with E-state index in [1.54, 1.807) is 0 Å². The van der Waals surface area contributed by atoms with Crippen molar-refractivity contribution in [2.45, 2.75) is 52.0 Å². The molecule has 0 aromatic rings. The second kappa shape index (κ2) is 7.24. The van der Waals surface area contributed by atoms with Crippen molar-refractivity contribution in [1.29, 1.82) is 0 Å². The molecule has 1 saturated heterocycles. The van der Waals surface area contributed by atoms with Crippen LogP contribution >= 0.6 is 0 Å². The molecule has 0 unspecified atom stereocenters. The zero-order chi connectivity index (χ0) is 10.2. The van der Waals surface area contributed by atoms with Crippen molar-refractivity contribution >= 4 is 0 Å². The summed E-state index contributed by atoms with van der Waals surface area (Å²) < 4.78 is 0. The molecule has 1 N–H and O–H groups in total. The first-order valence-corrected chi connectivity index (χ1v) is 6.33. The first-order valence-electron chi connectivity index (χ1n) is 6.33. The lowest BCUT2D eigenvalue weighted by Gasteiger charge is -2.30. The first kappa shape index (κ1) is 12.0. The second-order valence-electron chi connectivity index (χ2n) is 4.37. The molecule has 0 spiro atoms. The molecule has 0 bridgehead atoms. The van der Waals surface area contributed by atoms with E-state index >= 15 is 0 Å². The van der Waals surface area contributed by atoms with E-state index in [1.165, 1.54) is 58.3 Å². The van der Waals surface area contributed by atoms with Crippen molar-refractivity contribution in [3.8, 4) is 0 Å². The average molecular weight is 198 g/mol. The molecule has 84 valence electrons. The molecular formula is C12H26N2. The van der Waals surface area contributed by atoms with Gasteiger partial charge in [0.05, 0.1) is 0 Å². The fraction of sp³-hybridized carbons (Fsp3) is 1.00. The Labute approximate surface area is 89.1 Å². The Morgan fingerprint density at radius 1 is 1.07 bits per heavy atom. The molecule has 0 amide bonds. The van der Waals surface area contributed by atoms with Gasteiger partial charge in [0.2, 0.25) is 0 Å². The quantitative estimate of drug-likeness (QED) is 0.729. The highest BCUT2D eigenvalue weighted by Crippen LogP contribution is 2.14. The average Bonchev–Trinajstić information content (AvgIpc) is 2.45. The maximum absolute atomic E-state index is 3.47. The summed E-state index contributed by atoms with van der Waals surface area (Å²) in [6.07, 6.45) is 6.74. The normalized spacial score (nSPS) is 19.9. The van der Waals surface area contributed by atoms with Gasteiger partial charge in [0.25, 0.3) is 0 Å². The summed E-state index contributed by atoms with van der Waals surface area (Å²) in [5.41, 5.74) is 0. The van der Waals surface area contributed by atoms with E-state index in [2.05, 4.69) is 24.1 Å². The van der Waals surface area contributed by atoms with Crippen LogP contribution in [0.5, 0.6) is 0 Å². The van der Waals surface area contributed by atoms with Crippen LogP contribution in [-0.2, 0) is 0 Å². The molecule has 0 aromatic heterocycles. The lowest BCUT2D eigenvalue weighted by Crippen LogP contribution is -2.37. The molecule has 14 heavy (non-hydrogen) atoms. The molecule has 0 atom stereocenters. The SMILES string of the molecule is CCCC(CCC)N1CCCNCC1. The summed E-state index contributed by atoms with van der Waals surface area (Å²) >= 11 is 0. The monoisotopic (exact) mass is 198 g/mol. The van der Waals surface area contributed by atoms with Gasteiger partial charge in [-0.2, -0.15) is 0 Å². The molecule has 1 fully saturated rings. The van der Waals surface area contributed by atoms with E-state index < -0.39 is 0 Å². The van der Waals surface area contributed by atoms with E-state index in [9.17, 15) is 0 Å². The Balaban J connectivity index is 2.38. The van der Waals surface area contributed by atoms with E-state index in [0.717, 1.165) is 6.04 Å². The third kappa shape index (κ3) is 3.97. The van der Waals surface area contributed by atoms with Crippen LogP contribution in [0.25, 0.3) is 0 Å². The highest BCUT2D eigenvalue weighted by atomic mass is 15.2. The van der Waals surface area contributed by atoms with Crippen LogP contribution in [0.15, 0.2) is 0 Å². The van der Waals surface area contributed by atoms with Crippen molar-refractivity contribution in [2.24, 2.45) is 0 Å². The van der Waals surface area contributed by atoms with Crippen molar-refractivity contribution in [1.82, 2.24) is 10.2 Å². The Bertz CT molecular complexity index is 122. The number of hydrogen-bond acceptors (Lipinski definition) is 2. The van der Waals surface area contributed by atoms with Crippen LogP contribution in [0.2, 0.25) is 0 Å². The maximum atomic E-state index is 3.47. The van der Waals surface area contributed by atoms with Crippen LogP contribution < -0.4 is 5.32 Å². The molecule has 1 aliphatic heterocycles. The largest absolute Gasteiger partial charge is 0.315 e. The molecule has 1 aliphatic rings. The standard InChI is InChI=1S/C12H26N2/c1-3-6-12(7-4-2)14-10-5-8-13-9-11-14/h12-13H,3-11H2,1-2H3. The van der Waals surface area contributed by atoms with Gasteiger partial charge in [0.1, 0.15) is 0 Å². The fourth-order valence-corrected chi connectivity index (χ4v) is 2.41. The van der Waals surface area contributed by atoms with Crippen molar-refractivity contribution < 1.29 is 0 Å². The van der Waals surface area contributed by atoms with Crippen LogP contribution in [0, 0.1) is 0 Å². The van der Waals surface area contributed by atoms with Crippen LogP contribution in [-0.4, -0.2) is 37.1 Å². The molecule has 0 aromatic carbocycles. The zero-order valence-electron chi connectivity index (χ0n) is 9.89. The number of nitrogens with one attached hydrogen (secondary N) is 1. The van der Waals surface area contributed by atoms with Crippen molar-refractivity contribution in [3.63, 3.8) is 0 Å². The number of hydrogen-bond donors (Lipinski definition) is 1. The fourth-order valence-electron chi connectivity index (χ4n) is 2.41. The lowest BCUT2D eigenvalue weighted by atomic mass is 10.0. The minimum Gasteiger partial charge on any atom is -0.315 e. The zero-order valence-corrected chi connectivity index (χ0v) is 9.89. The lowest BCUT2D eigenvalue weighted by molar-refractivity contribution is 0.186. The molecule has 2 heteroatoms. The van der Waals surface area contributed by atoms with E-state index in [4.69, 9.17) is 0 Å². The number of rotatable bonds is 5. The summed E-state index contributed by atoms with van der Waals surface area (Å²) in [5, 5.41) is 3.47. The van der Waals surface area contributed by atoms with E-state index in [0.29, 0.717) is 0 Å². The van der Waals surface area contributed by atoms with Crippen molar-refractivity contribution in [3.05, 3.63) is 0 Å². The Morgan fingerprint density at radius 2 is 1.79 bits per heavy atom. The third-order valence-corrected chi connectivity index (χ3v) is 3.13. The highest BCUT2D eigenvalue weighted by Gasteiger charge is 2.17. The van der Waals surface area contributed by atoms with Crippen LogP contribution in [0.4, 0.5) is 0 Å². The Morgan fingerprint density at radius 3 is 2.43 bits per heavy atom. The molecule has 2 nitrogen and oxygen atoms in total. The minimum atomic E-state index is 0.852. The van der Waals surface area contributed by atoms with Gasteiger partial charge in [0.15, 0.2) is 0 Å². The number of nitrogens with zero attached hydrogens (tertiary/aromatic N) is 1. The second-order valence-corrected chi connectivity index (χ2v) is 4.37. The molecule has 1 rings (SSSR count). The van der Waals surface area contributed by atoms with Gasteiger partial charge in [0, 0.05) is 19.1 Å². The summed E-state index contributed by atoms with van der Waals surface area (Å²) in [7, 11) is 0. The van der Waals surface area contributed by atoms with Crippen LogP contribution in [0.3, 0.4) is 0 Å². The van der Waals surface area contributed by atoms with Gasteiger partial charge >= 0.3 is 0 Å². The smallest absolute Gasteiger partial charge is 0.0110 e. The van der Waals surface area contributed by atoms with E-state index in [1.807, 2.05) is 0 Å². The maximum Gasteiger partial charge on any atom is 0.0110 e. The molecule has 0 aliphatic carbocycles. The summed E-state index contributed by atoms with van der Waals surface area (Å²) in [6.45, 7) is 9.56. The summed E-state index contributed by atoms with van der Waals surface area (Å²) in [6, 6.07) is 0.852. The van der Waals surface area contributed by atoms with Gasteiger partial charge in [-0.15, -0.1) is 0 Å². The Kier molecular flexibility index (Phi) is 6.20. The minimum absolute atomic E-state index is 0.852. The first-order chi connectivity index (χ1) is 6.88. The molecule has 0 radical (unpaired) electrons. The Hall–Kier alpha value is -0.0800. The molecular weight excluding hydrogens is 172 g/mol. The van der Waals surface area contributed by atoms with Gasteiger partial charge in [-0.3, -0.25) is 4.90 Å². The van der Waals surface area contributed by atoms with Gasteiger partial charge in [-0.05, 0) is 32.4 Å². The predicted molar refractivity (Wildman–Crippen MR) is 62.7 cm³/mol. The molecule has 0 saturated carbocycles. The molecule has 1 heterocycles. The van der Waals surface area contributed by atoms with Gasteiger partial charge in [-0.25, -0.2) is 0 Å². The van der Waals surface area contributed by atoms with Gasteiger partial charge in [-0.1, -0.05) is 26.7 Å². The highest BCUT2D eigenvalue weighted by molar-refractivity contribution is 4.74. The van der Waals surface area contributed by atoms with Gasteiger partial charge < -0.3 is 5.32 Å². The predicted octanol–water partition coefficient (Wildman–Crippen LogP) is 2.25. The van der Waals surface area contributed by atoms with Crippen LogP contribution in [0.1, 0.15) is 46.0 Å². The summed E-state index contributed by atoms with van der Waals surface area (Å²) in [5.74, 6) is 0. The van der Waals surface area contributed by atoms with E-state index in [-0.39, 0.29) is 0 Å². The third-order valence-electron chi connectivity index (χ3n) is 3.13. The topological polar surface area (TPSA) is 15.3 Å².